The van der Waals surface area contributed by atoms with E-state index in [1.807, 2.05) is 31.2 Å². The normalized spacial score (nSPS) is 10.8. The lowest BCUT2D eigenvalue weighted by Crippen LogP contribution is -2.06. The lowest BCUT2D eigenvalue weighted by Gasteiger charge is -2.14. The third-order valence-electron chi connectivity index (χ3n) is 5.11. The minimum atomic E-state index is -0.585. The minimum absolute atomic E-state index is 0.174. The minimum Gasteiger partial charge on any atom is -0.503 e. The Hall–Kier alpha value is -4.81. The highest BCUT2D eigenvalue weighted by Gasteiger charge is 2.19. The highest BCUT2D eigenvalue weighted by molar-refractivity contribution is 7.99. The SMILES string of the molecule is CO/C=C(/C(=O)OC)c1ccccc1Oc1cc(Oc2ccccc2C#N)nc(Sc2cccc(C)c2)n1. The van der Waals surface area contributed by atoms with Gasteiger partial charge >= 0.3 is 5.97 Å². The van der Waals surface area contributed by atoms with Gasteiger partial charge in [-0.05, 0) is 49.0 Å². The number of ether oxygens (including phenoxy) is 4. The molecule has 4 aromatic rings. The fourth-order valence-electron chi connectivity index (χ4n) is 3.42. The predicted octanol–water partition coefficient (Wildman–Crippen LogP) is 6.55. The van der Waals surface area contributed by atoms with E-state index in [1.165, 1.54) is 38.3 Å². The van der Waals surface area contributed by atoms with Crippen LogP contribution in [0.4, 0.5) is 0 Å². The number of nitrogens with zero attached hydrogens (tertiary/aromatic N) is 3. The Morgan fingerprint density at radius 2 is 1.58 bits per heavy atom. The number of esters is 1. The number of benzene rings is 3. The first-order valence-electron chi connectivity index (χ1n) is 11.4. The number of hydrogen-bond acceptors (Lipinski definition) is 9. The van der Waals surface area contributed by atoms with Crippen molar-refractivity contribution in [1.29, 1.82) is 5.26 Å². The molecule has 190 valence electrons. The third kappa shape index (κ3) is 6.49. The standard InChI is InChI=1S/C29H23N3O5S/c1-19-9-8-11-21(15-19)38-29-31-26(36-24-13-6-4-10-20(24)17-30)16-27(32-29)37-25-14-7-5-12-22(25)23(18-34-2)28(33)35-3/h4-16,18H,1-3H3/b23-18+. The van der Waals surface area contributed by atoms with Crippen LogP contribution in [-0.4, -0.2) is 30.2 Å². The molecule has 0 bridgehead atoms. The fourth-order valence-corrected chi connectivity index (χ4v) is 4.29. The van der Waals surface area contributed by atoms with Crippen LogP contribution in [0.1, 0.15) is 16.7 Å². The van der Waals surface area contributed by atoms with Crippen molar-refractivity contribution < 1.29 is 23.7 Å². The van der Waals surface area contributed by atoms with E-state index in [4.69, 9.17) is 18.9 Å². The van der Waals surface area contributed by atoms with Crippen molar-refractivity contribution in [2.75, 3.05) is 14.2 Å². The topological polar surface area (TPSA) is 104 Å². The Balaban J connectivity index is 1.75. The van der Waals surface area contributed by atoms with E-state index < -0.39 is 5.97 Å². The van der Waals surface area contributed by atoms with Crippen molar-refractivity contribution in [3.63, 3.8) is 0 Å². The van der Waals surface area contributed by atoms with Crippen LogP contribution in [0.25, 0.3) is 5.57 Å². The summed E-state index contributed by atoms with van der Waals surface area (Å²) in [6, 6.07) is 25.3. The summed E-state index contributed by atoms with van der Waals surface area (Å²) in [7, 11) is 2.73. The van der Waals surface area contributed by atoms with Crippen molar-refractivity contribution in [3.05, 3.63) is 102 Å². The monoisotopic (exact) mass is 525 g/mol. The largest absolute Gasteiger partial charge is 0.503 e. The van der Waals surface area contributed by atoms with E-state index >= 15 is 0 Å². The molecular weight excluding hydrogens is 502 g/mol. The summed E-state index contributed by atoms with van der Waals surface area (Å²) < 4.78 is 22.1. The summed E-state index contributed by atoms with van der Waals surface area (Å²) in [6.45, 7) is 2.00. The fraction of sp³-hybridized carbons (Fsp3) is 0.103. The zero-order valence-corrected chi connectivity index (χ0v) is 21.7. The molecule has 1 heterocycles. The molecule has 1 aromatic heterocycles. The van der Waals surface area contributed by atoms with Gasteiger partial charge in [0.15, 0.2) is 5.16 Å². The summed E-state index contributed by atoms with van der Waals surface area (Å²) in [4.78, 5) is 22.4. The highest BCUT2D eigenvalue weighted by atomic mass is 32.2. The molecule has 0 saturated carbocycles. The van der Waals surface area contributed by atoms with Gasteiger partial charge in [0.2, 0.25) is 11.8 Å². The quantitative estimate of drug-likeness (QED) is 0.104. The Morgan fingerprint density at radius 3 is 2.26 bits per heavy atom. The van der Waals surface area contributed by atoms with Crippen molar-refractivity contribution in [2.24, 2.45) is 0 Å². The molecule has 0 aliphatic rings. The van der Waals surface area contributed by atoms with Crippen LogP contribution in [0.15, 0.2) is 95.2 Å². The van der Waals surface area contributed by atoms with Crippen molar-refractivity contribution >= 4 is 23.3 Å². The molecule has 0 N–H and O–H groups in total. The lowest BCUT2D eigenvalue weighted by molar-refractivity contribution is -0.133. The first-order valence-corrected chi connectivity index (χ1v) is 12.2. The van der Waals surface area contributed by atoms with Crippen LogP contribution in [0.3, 0.4) is 0 Å². The van der Waals surface area contributed by atoms with Gasteiger partial charge in [0.1, 0.15) is 23.1 Å². The first-order chi connectivity index (χ1) is 18.5. The Morgan fingerprint density at radius 1 is 0.895 bits per heavy atom. The number of hydrogen-bond donors (Lipinski definition) is 0. The number of para-hydroxylation sites is 2. The van der Waals surface area contributed by atoms with Crippen LogP contribution < -0.4 is 9.47 Å². The van der Waals surface area contributed by atoms with Crippen LogP contribution in [-0.2, 0) is 14.3 Å². The summed E-state index contributed by atoms with van der Waals surface area (Å²) in [5.41, 5.74) is 2.08. The number of carbonyl (C=O) groups excluding carboxylic acids is 1. The lowest BCUT2D eigenvalue weighted by atomic mass is 10.1. The second-order valence-electron chi connectivity index (χ2n) is 7.81. The maximum Gasteiger partial charge on any atom is 0.341 e. The smallest absolute Gasteiger partial charge is 0.341 e. The van der Waals surface area contributed by atoms with Crippen LogP contribution in [0, 0.1) is 18.3 Å². The van der Waals surface area contributed by atoms with Gasteiger partial charge < -0.3 is 18.9 Å². The zero-order valence-electron chi connectivity index (χ0n) is 20.9. The maximum absolute atomic E-state index is 12.4. The van der Waals surface area contributed by atoms with Gasteiger partial charge in [-0.1, -0.05) is 48.0 Å². The number of methoxy groups -OCH3 is 2. The molecule has 0 aliphatic carbocycles. The second-order valence-corrected chi connectivity index (χ2v) is 8.85. The Bertz CT molecular complexity index is 1530. The molecule has 0 saturated heterocycles. The summed E-state index contributed by atoms with van der Waals surface area (Å²) in [5.74, 6) is 0.468. The number of rotatable bonds is 9. The Labute approximate surface area is 224 Å². The molecule has 0 radical (unpaired) electrons. The highest BCUT2D eigenvalue weighted by Crippen LogP contribution is 2.35. The molecule has 3 aromatic carbocycles. The third-order valence-corrected chi connectivity index (χ3v) is 5.97. The zero-order chi connectivity index (χ0) is 26.9. The molecule has 38 heavy (non-hydrogen) atoms. The number of carbonyl (C=O) groups is 1. The Kier molecular flexibility index (Phi) is 8.59. The molecule has 0 aliphatic heterocycles. The average Bonchev–Trinajstić information content (AvgIpc) is 2.92. The number of aryl methyl sites for hydroxylation is 1. The van der Waals surface area contributed by atoms with Crippen LogP contribution in [0.5, 0.6) is 23.3 Å². The predicted molar refractivity (Wildman–Crippen MR) is 142 cm³/mol. The van der Waals surface area contributed by atoms with Gasteiger partial charge in [-0.3, -0.25) is 0 Å². The molecule has 0 spiro atoms. The van der Waals surface area contributed by atoms with Crippen LogP contribution >= 0.6 is 11.8 Å². The molecular formula is C29H23N3O5S. The molecule has 0 atom stereocenters. The molecule has 0 unspecified atom stereocenters. The van der Waals surface area contributed by atoms with E-state index in [2.05, 4.69) is 16.0 Å². The van der Waals surface area contributed by atoms with Crippen molar-refractivity contribution in [2.45, 2.75) is 17.0 Å². The van der Waals surface area contributed by atoms with Gasteiger partial charge in [-0.15, -0.1) is 0 Å². The van der Waals surface area contributed by atoms with E-state index in [0.717, 1.165) is 10.5 Å². The van der Waals surface area contributed by atoms with E-state index in [9.17, 15) is 10.1 Å². The van der Waals surface area contributed by atoms with E-state index in [1.54, 1.807) is 48.5 Å². The summed E-state index contributed by atoms with van der Waals surface area (Å²) >= 11 is 1.34. The maximum atomic E-state index is 12.4. The van der Waals surface area contributed by atoms with Crippen molar-refractivity contribution in [1.82, 2.24) is 9.97 Å². The van der Waals surface area contributed by atoms with Crippen LogP contribution in [0.2, 0.25) is 0 Å². The summed E-state index contributed by atoms with van der Waals surface area (Å²) in [6.07, 6.45) is 1.29. The average molecular weight is 526 g/mol. The first kappa shape index (κ1) is 26.3. The van der Waals surface area contributed by atoms with E-state index in [0.29, 0.717) is 27.8 Å². The summed E-state index contributed by atoms with van der Waals surface area (Å²) in [5, 5.41) is 9.84. The number of nitriles is 1. The molecule has 9 heteroatoms. The number of aromatic nitrogens is 2. The molecule has 0 amide bonds. The van der Waals surface area contributed by atoms with Gasteiger partial charge in [-0.25, -0.2) is 4.79 Å². The van der Waals surface area contributed by atoms with Crippen molar-refractivity contribution in [3.8, 4) is 29.3 Å². The van der Waals surface area contributed by atoms with Gasteiger partial charge in [0.05, 0.1) is 32.1 Å². The molecule has 0 fully saturated rings. The second kappa shape index (κ2) is 12.4. The van der Waals surface area contributed by atoms with Gasteiger partial charge in [0.25, 0.3) is 0 Å². The molecule has 8 nitrogen and oxygen atoms in total. The van der Waals surface area contributed by atoms with Gasteiger partial charge in [0, 0.05) is 10.5 Å². The van der Waals surface area contributed by atoms with E-state index in [-0.39, 0.29) is 17.3 Å². The molecule has 4 rings (SSSR count). The van der Waals surface area contributed by atoms with Gasteiger partial charge in [-0.2, -0.15) is 15.2 Å².